The molecule has 6 heterocycles. The van der Waals surface area contributed by atoms with E-state index in [4.69, 9.17) is 11.1 Å². The highest BCUT2D eigenvalue weighted by Crippen LogP contribution is 2.20. The minimum atomic E-state index is -3.81. The van der Waals surface area contributed by atoms with Crippen LogP contribution in [0.1, 0.15) is 41.7 Å². The number of benzene rings is 4. The minimum Gasteiger partial charge on any atom is -0.384 e. The standard InChI is InChI=1S/C44H52N8O6S/c1-29-41(53)48-37-16-10-31(11-17-37)24-36(28-59(57,58)27-34-6-4-3-5-7-34)43(55)50-39(44(56)47-26-33-8-14-35(15-9-33)40(45)46)25-32-12-18-38(19-13-32)49-42(54)30(2)52-22-20-51(29)21-23-52/h3-19,29-30,36,39H,20-28H2,1-2H3,(H3,45,46)(H,47,56)(H,48,53)(H,49,54)(H,50,55)/t29-,30+,36-,39-/m0/s1. The van der Waals surface area contributed by atoms with Gasteiger partial charge in [0.1, 0.15) is 11.9 Å². The number of rotatable bonds is 8. The Morgan fingerprint density at radius 1 is 0.712 bits per heavy atom. The Morgan fingerprint density at radius 2 is 1.22 bits per heavy atom. The average molecular weight is 821 g/mol. The van der Waals surface area contributed by atoms with Crippen molar-refractivity contribution in [2.24, 2.45) is 11.7 Å². The number of nitrogen functional groups attached to an aromatic ring is 1. The third-order valence-electron chi connectivity index (χ3n) is 11.0. The highest BCUT2D eigenvalue weighted by Gasteiger charge is 2.32. The van der Waals surface area contributed by atoms with E-state index in [1.807, 2.05) is 13.8 Å². The van der Waals surface area contributed by atoms with Gasteiger partial charge < -0.3 is 27.0 Å². The number of anilines is 2. The molecular weight excluding hydrogens is 769 g/mol. The summed E-state index contributed by atoms with van der Waals surface area (Å²) in [5.74, 6) is -3.33. The number of sulfone groups is 1. The van der Waals surface area contributed by atoms with Crippen LogP contribution in [-0.2, 0) is 54.2 Å². The molecule has 1 saturated heterocycles. The van der Waals surface area contributed by atoms with Crippen molar-refractivity contribution in [2.45, 2.75) is 57.1 Å². The van der Waals surface area contributed by atoms with E-state index in [1.54, 1.807) is 103 Å². The quantitative estimate of drug-likeness (QED) is 0.114. The molecule has 14 nitrogen and oxygen atoms in total. The Balaban J connectivity index is 1.30. The van der Waals surface area contributed by atoms with Crippen molar-refractivity contribution in [3.63, 3.8) is 0 Å². The van der Waals surface area contributed by atoms with E-state index in [9.17, 15) is 27.6 Å². The van der Waals surface area contributed by atoms with Crippen molar-refractivity contribution in [3.8, 4) is 0 Å². The SMILES string of the molecule is C[C@@H]1C(=O)Nc2ccc(cc2)C[C@@H](C(=O)NCc2ccc(C(=N)N)cc2)NC(=O)[C@H](CS(=O)(=O)Cc2ccccc2)Cc2ccc(cc2)NC(=O)[C@H](C)N2CCN1CC2. The second-order valence-corrected chi connectivity index (χ2v) is 17.4. The largest absolute Gasteiger partial charge is 0.384 e. The zero-order valence-electron chi connectivity index (χ0n) is 33.3. The second kappa shape index (κ2) is 19.2. The topological polar surface area (TPSA) is 207 Å². The smallest absolute Gasteiger partial charge is 0.243 e. The lowest BCUT2D eigenvalue weighted by Gasteiger charge is -2.39. The van der Waals surface area contributed by atoms with Crippen LogP contribution < -0.4 is 27.0 Å². The van der Waals surface area contributed by atoms with Gasteiger partial charge in [0.15, 0.2) is 9.84 Å². The first-order valence-electron chi connectivity index (χ1n) is 19.8. The maximum Gasteiger partial charge on any atom is 0.243 e. The number of nitrogens with two attached hydrogens (primary N) is 1. The normalized spacial score (nSPS) is 23.1. The van der Waals surface area contributed by atoms with Crippen LogP contribution in [0.25, 0.3) is 0 Å². The van der Waals surface area contributed by atoms with Crippen LogP contribution in [-0.4, -0.2) is 97.7 Å². The third kappa shape index (κ3) is 11.8. The first-order valence-corrected chi connectivity index (χ1v) is 21.6. The number of carbonyl (C=O) groups excluding carboxylic acids is 4. The van der Waals surface area contributed by atoms with E-state index >= 15 is 0 Å². The lowest BCUT2D eigenvalue weighted by atomic mass is 9.98. The summed E-state index contributed by atoms with van der Waals surface area (Å²) in [4.78, 5) is 59.1. The number of nitrogens with zero attached hydrogens (tertiary/aromatic N) is 2. The first-order chi connectivity index (χ1) is 28.2. The number of carbonyl (C=O) groups is 4. The Kier molecular flexibility index (Phi) is 13.9. The Hall–Kier alpha value is -5.90. The fourth-order valence-electron chi connectivity index (χ4n) is 7.34. The average Bonchev–Trinajstić information content (AvgIpc) is 3.23. The van der Waals surface area contributed by atoms with Gasteiger partial charge in [0.05, 0.1) is 29.5 Å². The molecule has 0 aliphatic carbocycles. The summed E-state index contributed by atoms with van der Waals surface area (Å²) < 4.78 is 27.4. The van der Waals surface area contributed by atoms with Gasteiger partial charge in [-0.15, -0.1) is 0 Å². The Morgan fingerprint density at radius 3 is 1.73 bits per heavy atom. The van der Waals surface area contributed by atoms with Crippen LogP contribution in [0.15, 0.2) is 103 Å². The molecule has 10 rings (SSSR count). The highest BCUT2D eigenvalue weighted by molar-refractivity contribution is 7.90. The fraction of sp³-hybridized carbons (Fsp3) is 0.341. The lowest BCUT2D eigenvalue weighted by molar-refractivity contribution is -0.130. The number of amides is 4. The molecule has 4 aromatic rings. The summed E-state index contributed by atoms with van der Waals surface area (Å²) in [5, 5.41) is 19.4. The second-order valence-electron chi connectivity index (χ2n) is 15.3. The van der Waals surface area contributed by atoms with Crippen molar-refractivity contribution in [3.05, 3.63) is 131 Å². The van der Waals surface area contributed by atoms with Crippen LogP contribution >= 0.6 is 0 Å². The van der Waals surface area contributed by atoms with E-state index in [0.717, 1.165) is 5.56 Å². The molecule has 0 unspecified atom stereocenters. The van der Waals surface area contributed by atoms with Gasteiger partial charge in [0.2, 0.25) is 23.6 Å². The number of hydrogen-bond donors (Lipinski definition) is 6. The molecule has 4 atom stereocenters. The van der Waals surface area contributed by atoms with Crippen LogP contribution in [0, 0.1) is 11.3 Å². The summed E-state index contributed by atoms with van der Waals surface area (Å²) in [7, 11) is -3.81. The van der Waals surface area contributed by atoms with Gasteiger partial charge in [-0.05, 0) is 66.8 Å². The van der Waals surface area contributed by atoms with E-state index in [2.05, 4.69) is 31.1 Å². The van der Waals surface area contributed by atoms with Crippen LogP contribution in [0.5, 0.6) is 0 Å². The molecule has 310 valence electrons. The minimum absolute atomic E-state index is 0.0540. The molecule has 4 aromatic carbocycles. The van der Waals surface area contributed by atoms with E-state index < -0.39 is 51.4 Å². The number of nitrogens with one attached hydrogen (secondary N) is 5. The lowest BCUT2D eigenvalue weighted by Crippen LogP contribution is -2.56. The van der Waals surface area contributed by atoms with Gasteiger partial charge in [-0.2, -0.15) is 0 Å². The van der Waals surface area contributed by atoms with Gasteiger partial charge >= 0.3 is 0 Å². The number of fused-ring (bicyclic) bond motifs is 1. The van der Waals surface area contributed by atoms with Crippen LogP contribution in [0.3, 0.4) is 0 Å². The zero-order valence-corrected chi connectivity index (χ0v) is 34.1. The molecule has 0 aromatic heterocycles. The Labute approximate surface area is 345 Å². The maximum absolute atomic E-state index is 14.3. The number of amidine groups is 1. The third-order valence-corrected chi connectivity index (χ3v) is 12.7. The summed E-state index contributed by atoms with van der Waals surface area (Å²) in [5.41, 5.74) is 9.98. The van der Waals surface area contributed by atoms with Gasteiger partial charge in [-0.1, -0.05) is 78.9 Å². The van der Waals surface area contributed by atoms with Gasteiger partial charge in [-0.25, -0.2) is 8.42 Å². The molecule has 6 bridgehead atoms. The van der Waals surface area contributed by atoms with Crippen LogP contribution in [0.4, 0.5) is 11.4 Å². The van der Waals surface area contributed by atoms with Gasteiger partial charge in [0, 0.05) is 56.1 Å². The molecule has 4 amide bonds. The number of piperazine rings is 1. The Bertz CT molecular complexity index is 2230. The molecule has 0 spiro atoms. The van der Waals surface area contributed by atoms with Crippen molar-refractivity contribution in [1.82, 2.24) is 20.4 Å². The van der Waals surface area contributed by atoms with Crippen LogP contribution in [0.2, 0.25) is 0 Å². The monoisotopic (exact) mass is 820 g/mol. The molecule has 6 aliphatic rings. The van der Waals surface area contributed by atoms with E-state index in [1.165, 1.54) is 0 Å². The van der Waals surface area contributed by atoms with E-state index in [0.29, 0.717) is 59.8 Å². The van der Waals surface area contributed by atoms with Gasteiger partial charge in [0.25, 0.3) is 0 Å². The van der Waals surface area contributed by atoms with Crippen molar-refractivity contribution in [2.75, 3.05) is 42.6 Å². The molecule has 0 saturated carbocycles. The van der Waals surface area contributed by atoms with Crippen molar-refractivity contribution in [1.29, 1.82) is 5.41 Å². The summed E-state index contributed by atoms with van der Waals surface area (Å²) in [6.07, 6.45) is 0.129. The van der Waals surface area contributed by atoms with E-state index in [-0.39, 0.29) is 42.8 Å². The molecule has 1 fully saturated rings. The predicted octanol–water partition coefficient (Wildman–Crippen LogP) is 3.07. The molecule has 59 heavy (non-hydrogen) atoms. The summed E-state index contributed by atoms with van der Waals surface area (Å²) >= 11 is 0. The molecule has 0 radical (unpaired) electrons. The highest BCUT2D eigenvalue weighted by atomic mass is 32.2. The first kappa shape index (κ1) is 42.7. The fourth-order valence-corrected chi connectivity index (χ4v) is 9.04. The molecule has 7 N–H and O–H groups in total. The molecule has 15 heteroatoms. The molecule has 6 aliphatic heterocycles. The van der Waals surface area contributed by atoms with Crippen molar-refractivity contribution >= 4 is 50.7 Å². The summed E-state index contributed by atoms with van der Waals surface area (Å²) in [6.45, 7) is 6.27. The maximum atomic E-state index is 14.3. The number of hydrogen-bond acceptors (Lipinski definition) is 9. The zero-order chi connectivity index (χ0) is 42.1. The molecular formula is C44H52N8O6S. The van der Waals surface area contributed by atoms with Gasteiger partial charge in [-0.3, -0.25) is 34.4 Å². The van der Waals surface area contributed by atoms with Crippen molar-refractivity contribution < 1.29 is 27.6 Å². The summed E-state index contributed by atoms with van der Waals surface area (Å²) in [6, 6.07) is 27.7. The predicted molar refractivity (Wildman–Crippen MR) is 228 cm³/mol.